The summed E-state index contributed by atoms with van der Waals surface area (Å²) >= 11 is 1.68. The van der Waals surface area contributed by atoms with Crippen LogP contribution in [0.4, 0.5) is 0 Å². The van der Waals surface area contributed by atoms with E-state index in [9.17, 15) is 4.79 Å². The first-order valence-corrected chi connectivity index (χ1v) is 9.72. The molecule has 2 fully saturated rings. The van der Waals surface area contributed by atoms with Crippen LogP contribution in [0, 0.1) is 0 Å². The fourth-order valence-electron chi connectivity index (χ4n) is 3.29. The molecule has 0 radical (unpaired) electrons. The van der Waals surface area contributed by atoms with Crippen molar-refractivity contribution < 1.29 is 4.79 Å². The van der Waals surface area contributed by atoms with Crippen LogP contribution >= 0.6 is 11.8 Å². The quantitative estimate of drug-likeness (QED) is 0.625. The van der Waals surface area contributed by atoms with Crippen LogP contribution in [-0.4, -0.2) is 62.9 Å². The normalized spacial score (nSPS) is 19.9. The third-order valence-corrected chi connectivity index (χ3v) is 5.64. The van der Waals surface area contributed by atoms with Crippen LogP contribution in [0.15, 0.2) is 5.16 Å². The molecule has 8 heteroatoms. The van der Waals surface area contributed by atoms with Crippen LogP contribution in [0.2, 0.25) is 0 Å². The predicted molar refractivity (Wildman–Crippen MR) is 89.3 cm³/mol. The Hall–Kier alpha value is -1.15. The Balaban J connectivity index is 1.40. The number of piperazine rings is 1. The van der Waals surface area contributed by atoms with Crippen molar-refractivity contribution in [3.63, 3.8) is 0 Å². The lowest BCUT2D eigenvalue weighted by Gasteiger charge is -2.27. The summed E-state index contributed by atoms with van der Waals surface area (Å²) in [7, 11) is 0. The van der Waals surface area contributed by atoms with E-state index >= 15 is 0 Å². The molecule has 0 unspecified atom stereocenters. The molecule has 7 nitrogen and oxygen atoms in total. The number of carbonyl (C=O) groups excluding carboxylic acids is 1. The summed E-state index contributed by atoms with van der Waals surface area (Å²) in [6.07, 6.45) is 7.74. The first-order valence-electron chi connectivity index (χ1n) is 8.74. The van der Waals surface area contributed by atoms with E-state index in [1.54, 1.807) is 11.8 Å². The minimum Gasteiger partial charge on any atom is -0.340 e. The Morgan fingerprint density at radius 2 is 2.00 bits per heavy atom. The molecule has 1 aromatic rings. The van der Waals surface area contributed by atoms with Crippen molar-refractivity contribution >= 4 is 17.7 Å². The van der Waals surface area contributed by atoms with E-state index in [1.165, 1.54) is 32.1 Å². The first-order chi connectivity index (χ1) is 11.3. The lowest BCUT2D eigenvalue weighted by molar-refractivity contribution is -0.131. The zero-order valence-corrected chi connectivity index (χ0v) is 14.4. The summed E-state index contributed by atoms with van der Waals surface area (Å²) in [6, 6.07) is 0.462. The van der Waals surface area contributed by atoms with Gasteiger partial charge in [-0.1, -0.05) is 31.0 Å². The van der Waals surface area contributed by atoms with E-state index in [1.807, 2.05) is 9.58 Å². The molecule has 0 spiro atoms. The van der Waals surface area contributed by atoms with Gasteiger partial charge in [-0.2, -0.15) is 0 Å². The van der Waals surface area contributed by atoms with Crippen molar-refractivity contribution in [3.8, 4) is 0 Å². The molecule has 128 valence electrons. The number of thioether (sulfide) groups is 1. The molecule has 3 rings (SSSR count). The van der Waals surface area contributed by atoms with Gasteiger partial charge in [0.15, 0.2) is 0 Å². The summed E-state index contributed by atoms with van der Waals surface area (Å²) in [6.45, 7) is 3.51. The monoisotopic (exact) mass is 338 g/mol. The second kappa shape index (κ2) is 8.63. The van der Waals surface area contributed by atoms with Gasteiger partial charge in [-0.05, 0) is 29.7 Å². The highest BCUT2D eigenvalue weighted by Gasteiger charge is 2.20. The van der Waals surface area contributed by atoms with Crippen LogP contribution in [-0.2, 0) is 4.79 Å². The molecular formula is C15H26N6OS. The highest BCUT2D eigenvalue weighted by molar-refractivity contribution is 7.99. The molecular weight excluding hydrogens is 312 g/mol. The number of carbonyl (C=O) groups is 1. The van der Waals surface area contributed by atoms with Gasteiger partial charge in [-0.25, -0.2) is 4.68 Å². The molecule has 2 heterocycles. The van der Waals surface area contributed by atoms with Gasteiger partial charge in [-0.15, -0.1) is 5.10 Å². The van der Waals surface area contributed by atoms with Gasteiger partial charge >= 0.3 is 0 Å². The van der Waals surface area contributed by atoms with Crippen molar-refractivity contribution in [1.82, 2.24) is 30.4 Å². The predicted octanol–water partition coefficient (Wildman–Crippen LogP) is 1.48. The van der Waals surface area contributed by atoms with Crippen molar-refractivity contribution in [1.29, 1.82) is 0 Å². The average Bonchev–Trinajstić information content (AvgIpc) is 3.08. The highest BCUT2D eigenvalue weighted by atomic mass is 32.2. The minimum atomic E-state index is 0.277. The zero-order chi connectivity index (χ0) is 15.9. The Morgan fingerprint density at radius 3 is 2.78 bits per heavy atom. The van der Waals surface area contributed by atoms with Crippen LogP contribution < -0.4 is 5.32 Å². The van der Waals surface area contributed by atoms with Crippen molar-refractivity contribution in [2.75, 3.05) is 31.9 Å². The van der Waals surface area contributed by atoms with Crippen LogP contribution in [0.3, 0.4) is 0 Å². The lowest BCUT2D eigenvalue weighted by Crippen LogP contribution is -2.46. The van der Waals surface area contributed by atoms with Crippen LogP contribution in [0.5, 0.6) is 0 Å². The van der Waals surface area contributed by atoms with E-state index in [0.717, 1.165) is 43.5 Å². The number of hydrogen-bond donors (Lipinski definition) is 1. The molecule has 1 aliphatic carbocycles. The molecule has 1 aromatic heterocycles. The Morgan fingerprint density at radius 1 is 1.22 bits per heavy atom. The molecule has 1 N–H and O–H groups in total. The van der Waals surface area contributed by atoms with E-state index in [0.29, 0.717) is 12.5 Å². The molecule has 23 heavy (non-hydrogen) atoms. The van der Waals surface area contributed by atoms with Crippen LogP contribution in [0.25, 0.3) is 0 Å². The Labute approximate surface area is 141 Å². The summed E-state index contributed by atoms with van der Waals surface area (Å²) < 4.78 is 2.00. The van der Waals surface area contributed by atoms with Gasteiger partial charge in [0.05, 0.1) is 6.04 Å². The molecule has 0 bridgehead atoms. The van der Waals surface area contributed by atoms with Gasteiger partial charge in [0.25, 0.3) is 0 Å². The van der Waals surface area contributed by atoms with E-state index in [2.05, 4.69) is 20.8 Å². The van der Waals surface area contributed by atoms with Gasteiger partial charge in [0, 0.05) is 38.4 Å². The second-order valence-corrected chi connectivity index (χ2v) is 7.34. The summed E-state index contributed by atoms with van der Waals surface area (Å²) in [5.41, 5.74) is 0. The Kier molecular flexibility index (Phi) is 6.27. The molecule has 1 amide bonds. The molecule has 1 saturated heterocycles. The maximum Gasteiger partial charge on any atom is 0.222 e. The average molecular weight is 338 g/mol. The Bertz CT molecular complexity index is 496. The molecule has 1 aliphatic heterocycles. The smallest absolute Gasteiger partial charge is 0.222 e. The zero-order valence-electron chi connectivity index (χ0n) is 13.6. The van der Waals surface area contributed by atoms with Crippen molar-refractivity contribution in [3.05, 3.63) is 0 Å². The van der Waals surface area contributed by atoms with Gasteiger partial charge in [-0.3, -0.25) is 4.79 Å². The number of rotatable bonds is 6. The fourth-order valence-corrected chi connectivity index (χ4v) is 4.18. The van der Waals surface area contributed by atoms with Gasteiger partial charge in [0.1, 0.15) is 0 Å². The molecule has 0 atom stereocenters. The molecule has 2 aliphatic rings. The van der Waals surface area contributed by atoms with Gasteiger partial charge in [0.2, 0.25) is 11.1 Å². The maximum atomic E-state index is 12.1. The minimum absolute atomic E-state index is 0.277. The highest BCUT2D eigenvalue weighted by Crippen LogP contribution is 2.30. The number of nitrogens with zero attached hydrogens (tertiary/aromatic N) is 5. The fraction of sp³-hybridized carbons (Fsp3) is 0.867. The summed E-state index contributed by atoms with van der Waals surface area (Å²) in [4.78, 5) is 14.1. The SMILES string of the molecule is O=C(CCCSc1nnnn1C1CCCCC1)N1CCNCC1. The third kappa shape index (κ3) is 4.67. The number of amides is 1. The second-order valence-electron chi connectivity index (χ2n) is 6.28. The van der Waals surface area contributed by atoms with E-state index < -0.39 is 0 Å². The summed E-state index contributed by atoms with van der Waals surface area (Å²) in [5.74, 6) is 1.17. The molecule has 1 saturated carbocycles. The van der Waals surface area contributed by atoms with E-state index in [-0.39, 0.29) is 5.91 Å². The van der Waals surface area contributed by atoms with Crippen LogP contribution in [0.1, 0.15) is 51.0 Å². The standard InChI is InChI=1S/C15H26N6OS/c22-14(20-10-8-16-9-11-20)7-4-12-23-15-17-18-19-21(15)13-5-2-1-3-6-13/h13,16H,1-12H2. The maximum absolute atomic E-state index is 12.1. The number of tetrazole rings is 1. The van der Waals surface area contributed by atoms with E-state index in [4.69, 9.17) is 0 Å². The topological polar surface area (TPSA) is 75.9 Å². The van der Waals surface area contributed by atoms with Crippen molar-refractivity contribution in [2.24, 2.45) is 0 Å². The summed E-state index contributed by atoms with van der Waals surface area (Å²) in [5, 5.41) is 16.4. The number of hydrogen-bond acceptors (Lipinski definition) is 6. The largest absolute Gasteiger partial charge is 0.340 e. The lowest BCUT2D eigenvalue weighted by atomic mass is 9.96. The first kappa shape index (κ1) is 16.7. The van der Waals surface area contributed by atoms with Gasteiger partial charge < -0.3 is 10.2 Å². The number of nitrogens with one attached hydrogen (secondary N) is 1. The third-order valence-electron chi connectivity index (χ3n) is 4.62. The number of aromatic nitrogens is 4. The van der Waals surface area contributed by atoms with Crippen molar-refractivity contribution in [2.45, 2.75) is 56.1 Å². The molecule has 0 aromatic carbocycles.